The number of hydrogen-bond donors (Lipinski definition) is 2. The van der Waals surface area contributed by atoms with Crippen LogP contribution in [-0.4, -0.2) is 23.5 Å². The monoisotopic (exact) mass is 254 g/mol. The number of carbonyl (C=O) groups is 1. The summed E-state index contributed by atoms with van der Waals surface area (Å²) in [5.41, 5.74) is 5.95. The molecule has 17 heavy (non-hydrogen) atoms. The molecule has 1 aromatic carbocycles. The van der Waals surface area contributed by atoms with Crippen molar-refractivity contribution in [1.29, 1.82) is 0 Å². The first-order chi connectivity index (χ1) is 8.16. The number of nitrogens with two attached hydrogens (primary N) is 1. The number of nitrogen functional groups attached to an aromatic ring is 1. The molecule has 1 aliphatic heterocycles. The Hall–Kier alpha value is -1.23. The van der Waals surface area contributed by atoms with Crippen LogP contribution in [0.5, 0.6) is 0 Å². The highest BCUT2D eigenvalue weighted by molar-refractivity contribution is 8.00. The maximum atomic E-state index is 13.4. The maximum absolute atomic E-state index is 13.4. The van der Waals surface area contributed by atoms with Crippen molar-refractivity contribution < 1.29 is 9.18 Å². The number of carbonyl (C=O) groups excluding carboxylic acids is 1. The van der Waals surface area contributed by atoms with E-state index in [0.717, 1.165) is 12.2 Å². The predicted molar refractivity (Wildman–Crippen MR) is 68.6 cm³/mol. The van der Waals surface area contributed by atoms with Gasteiger partial charge in [-0.05, 0) is 36.8 Å². The average Bonchev–Trinajstić information content (AvgIpc) is 2.82. The van der Waals surface area contributed by atoms with E-state index in [1.54, 1.807) is 0 Å². The lowest BCUT2D eigenvalue weighted by atomic mass is 10.1. The molecule has 1 aromatic rings. The predicted octanol–water partition coefficient (Wildman–Crippen LogP) is 2.03. The van der Waals surface area contributed by atoms with Gasteiger partial charge in [0.25, 0.3) is 5.91 Å². The minimum absolute atomic E-state index is 0.0213. The summed E-state index contributed by atoms with van der Waals surface area (Å²) >= 11 is 1.85. The molecular formula is C12H15FN2OS. The standard InChI is InChI=1S/C12H15FN2OS/c13-11-4-3-8(14)6-10(11)12(16)15-7-9-2-1-5-17-9/h3-4,6,9H,1-2,5,7,14H2,(H,15,16). The second-order valence-corrected chi connectivity index (χ2v) is 5.49. The highest BCUT2D eigenvalue weighted by atomic mass is 32.2. The SMILES string of the molecule is Nc1ccc(F)c(C(=O)NCC2CCCS2)c1. The molecule has 92 valence electrons. The van der Waals surface area contributed by atoms with Crippen LogP contribution in [0.25, 0.3) is 0 Å². The Morgan fingerprint density at radius 3 is 3.12 bits per heavy atom. The van der Waals surface area contributed by atoms with Crippen molar-refractivity contribution in [2.75, 3.05) is 18.0 Å². The van der Waals surface area contributed by atoms with E-state index in [9.17, 15) is 9.18 Å². The zero-order valence-electron chi connectivity index (χ0n) is 9.41. The molecule has 0 bridgehead atoms. The molecule has 2 rings (SSSR count). The molecule has 1 saturated heterocycles. The van der Waals surface area contributed by atoms with Crippen LogP contribution < -0.4 is 11.1 Å². The van der Waals surface area contributed by atoms with Gasteiger partial charge in [-0.1, -0.05) is 0 Å². The van der Waals surface area contributed by atoms with E-state index in [1.165, 1.54) is 24.6 Å². The van der Waals surface area contributed by atoms with Gasteiger partial charge in [0, 0.05) is 17.5 Å². The highest BCUT2D eigenvalue weighted by Crippen LogP contribution is 2.25. The van der Waals surface area contributed by atoms with Crippen molar-refractivity contribution in [3.05, 3.63) is 29.6 Å². The van der Waals surface area contributed by atoms with Crippen molar-refractivity contribution >= 4 is 23.4 Å². The summed E-state index contributed by atoms with van der Waals surface area (Å²) < 4.78 is 13.4. The Morgan fingerprint density at radius 1 is 1.59 bits per heavy atom. The van der Waals surface area contributed by atoms with Crippen molar-refractivity contribution in [2.24, 2.45) is 0 Å². The molecule has 0 radical (unpaired) electrons. The molecule has 1 fully saturated rings. The van der Waals surface area contributed by atoms with E-state index in [0.29, 0.717) is 17.5 Å². The first-order valence-corrected chi connectivity index (χ1v) is 6.66. The van der Waals surface area contributed by atoms with Crippen LogP contribution in [0.15, 0.2) is 18.2 Å². The lowest BCUT2D eigenvalue weighted by molar-refractivity contribution is 0.0949. The zero-order chi connectivity index (χ0) is 12.3. The van der Waals surface area contributed by atoms with Crippen LogP contribution in [-0.2, 0) is 0 Å². The van der Waals surface area contributed by atoms with Gasteiger partial charge >= 0.3 is 0 Å². The lowest BCUT2D eigenvalue weighted by Crippen LogP contribution is -2.30. The number of rotatable bonds is 3. The van der Waals surface area contributed by atoms with E-state index in [1.807, 2.05) is 11.8 Å². The van der Waals surface area contributed by atoms with Gasteiger partial charge in [-0.25, -0.2) is 4.39 Å². The fourth-order valence-corrected chi connectivity index (χ4v) is 3.03. The van der Waals surface area contributed by atoms with Gasteiger partial charge < -0.3 is 11.1 Å². The largest absolute Gasteiger partial charge is 0.399 e. The van der Waals surface area contributed by atoms with Gasteiger partial charge in [-0.3, -0.25) is 4.79 Å². The van der Waals surface area contributed by atoms with E-state index < -0.39 is 5.82 Å². The van der Waals surface area contributed by atoms with Crippen molar-refractivity contribution in [3.63, 3.8) is 0 Å². The van der Waals surface area contributed by atoms with Gasteiger partial charge in [0.2, 0.25) is 0 Å². The Bertz CT molecular complexity index is 419. The minimum atomic E-state index is -0.532. The third-order valence-electron chi connectivity index (χ3n) is 2.75. The third kappa shape index (κ3) is 3.12. The van der Waals surface area contributed by atoms with E-state index in [-0.39, 0.29) is 11.5 Å². The van der Waals surface area contributed by atoms with Crippen LogP contribution >= 0.6 is 11.8 Å². The number of benzene rings is 1. The van der Waals surface area contributed by atoms with Crippen LogP contribution in [0.1, 0.15) is 23.2 Å². The van der Waals surface area contributed by atoms with E-state index in [4.69, 9.17) is 5.73 Å². The molecule has 0 saturated carbocycles. The number of hydrogen-bond acceptors (Lipinski definition) is 3. The van der Waals surface area contributed by atoms with Gasteiger partial charge in [0.1, 0.15) is 5.82 Å². The molecule has 3 N–H and O–H groups in total. The summed E-state index contributed by atoms with van der Waals surface area (Å²) in [6, 6.07) is 4.03. The Labute approximate surface area is 104 Å². The summed E-state index contributed by atoms with van der Waals surface area (Å²) in [6.07, 6.45) is 2.31. The molecule has 1 atom stereocenters. The Kier molecular flexibility index (Phi) is 3.89. The van der Waals surface area contributed by atoms with Crippen LogP contribution in [0, 0.1) is 5.82 Å². The molecule has 1 unspecified atom stereocenters. The highest BCUT2D eigenvalue weighted by Gasteiger charge is 2.18. The molecule has 0 aliphatic carbocycles. The lowest BCUT2D eigenvalue weighted by Gasteiger charge is -2.10. The second kappa shape index (κ2) is 5.40. The molecule has 3 nitrogen and oxygen atoms in total. The van der Waals surface area contributed by atoms with Gasteiger partial charge in [0.05, 0.1) is 5.56 Å². The number of anilines is 1. The number of halogens is 1. The van der Waals surface area contributed by atoms with Crippen molar-refractivity contribution in [2.45, 2.75) is 18.1 Å². The molecule has 1 heterocycles. The molecular weight excluding hydrogens is 239 g/mol. The quantitative estimate of drug-likeness (QED) is 0.812. The molecule has 1 aliphatic rings. The normalized spacial score (nSPS) is 19.2. The fourth-order valence-electron chi connectivity index (χ4n) is 1.82. The number of nitrogens with one attached hydrogen (secondary N) is 1. The minimum Gasteiger partial charge on any atom is -0.399 e. The molecule has 5 heteroatoms. The van der Waals surface area contributed by atoms with Crippen molar-refractivity contribution in [3.8, 4) is 0 Å². The van der Waals surface area contributed by atoms with Gasteiger partial charge in [-0.15, -0.1) is 0 Å². The molecule has 1 amide bonds. The number of thioether (sulfide) groups is 1. The molecule has 0 aromatic heterocycles. The fraction of sp³-hybridized carbons (Fsp3) is 0.417. The Morgan fingerprint density at radius 2 is 2.41 bits per heavy atom. The van der Waals surface area contributed by atoms with Crippen LogP contribution in [0.4, 0.5) is 10.1 Å². The van der Waals surface area contributed by atoms with Crippen molar-refractivity contribution in [1.82, 2.24) is 5.32 Å². The van der Waals surface area contributed by atoms with Gasteiger partial charge in [-0.2, -0.15) is 11.8 Å². The topological polar surface area (TPSA) is 55.1 Å². The number of amides is 1. The summed E-state index contributed by atoms with van der Waals surface area (Å²) in [6.45, 7) is 0.595. The average molecular weight is 254 g/mol. The summed E-state index contributed by atoms with van der Waals surface area (Å²) in [5.74, 6) is 0.228. The maximum Gasteiger partial charge on any atom is 0.254 e. The summed E-state index contributed by atoms with van der Waals surface area (Å²) in [5, 5.41) is 3.21. The van der Waals surface area contributed by atoms with E-state index in [2.05, 4.69) is 5.32 Å². The third-order valence-corrected chi connectivity index (χ3v) is 4.15. The Balaban J connectivity index is 1.96. The smallest absolute Gasteiger partial charge is 0.254 e. The first kappa shape index (κ1) is 12.2. The second-order valence-electron chi connectivity index (χ2n) is 4.08. The van der Waals surface area contributed by atoms with E-state index >= 15 is 0 Å². The zero-order valence-corrected chi connectivity index (χ0v) is 10.2. The summed E-state index contributed by atoms with van der Waals surface area (Å²) in [7, 11) is 0. The van der Waals surface area contributed by atoms with Gasteiger partial charge in [0.15, 0.2) is 0 Å². The van der Waals surface area contributed by atoms with Crippen LogP contribution in [0.3, 0.4) is 0 Å². The summed E-state index contributed by atoms with van der Waals surface area (Å²) in [4.78, 5) is 11.8. The molecule has 0 spiro atoms. The first-order valence-electron chi connectivity index (χ1n) is 5.61. The van der Waals surface area contributed by atoms with Crippen LogP contribution in [0.2, 0.25) is 0 Å².